The molecule has 2 aromatic rings. The summed E-state index contributed by atoms with van der Waals surface area (Å²) in [4.78, 5) is 10.6. The van der Waals surface area contributed by atoms with Crippen LogP contribution < -0.4 is 0 Å². The largest absolute Gasteiger partial charge is 0.476 e. The fraction of sp³-hybridized carbons (Fsp3) is 0.111. The van der Waals surface area contributed by atoms with E-state index in [9.17, 15) is 18.0 Å². The van der Waals surface area contributed by atoms with E-state index in [1.807, 2.05) is 0 Å². The third kappa shape index (κ3) is 1.71. The molecular formula is C9H5F3N2O2. The number of carbonyl (C=O) groups is 1. The number of alkyl halides is 3. The number of rotatable bonds is 1. The van der Waals surface area contributed by atoms with E-state index >= 15 is 0 Å². The third-order valence-electron chi connectivity index (χ3n) is 2.01. The van der Waals surface area contributed by atoms with Gasteiger partial charge < -0.3 is 5.11 Å². The number of carboxylic acids is 1. The molecular weight excluding hydrogens is 225 g/mol. The Kier molecular flexibility index (Phi) is 2.11. The van der Waals surface area contributed by atoms with E-state index in [1.54, 1.807) is 0 Å². The van der Waals surface area contributed by atoms with Crippen LogP contribution in [0.1, 0.15) is 16.1 Å². The van der Waals surface area contributed by atoms with Crippen molar-refractivity contribution in [3.63, 3.8) is 0 Å². The van der Waals surface area contributed by atoms with Crippen LogP contribution in [-0.4, -0.2) is 20.7 Å². The predicted octanol–water partition coefficient (Wildman–Crippen LogP) is 2.05. The number of carboxylic acid groups (broad SMARTS) is 1. The Morgan fingerprint density at radius 1 is 1.38 bits per heavy atom. The third-order valence-corrected chi connectivity index (χ3v) is 2.01. The van der Waals surface area contributed by atoms with E-state index < -0.39 is 17.7 Å². The molecule has 0 aliphatic heterocycles. The lowest BCUT2D eigenvalue weighted by molar-refractivity contribution is -0.137. The molecule has 0 fully saturated rings. The number of nitrogens with zero attached hydrogens (tertiary/aromatic N) is 2. The molecule has 4 nitrogen and oxygen atoms in total. The van der Waals surface area contributed by atoms with Crippen LogP contribution in [0.4, 0.5) is 13.2 Å². The van der Waals surface area contributed by atoms with Gasteiger partial charge in [-0.1, -0.05) is 0 Å². The second kappa shape index (κ2) is 3.22. The average molecular weight is 230 g/mol. The van der Waals surface area contributed by atoms with Gasteiger partial charge in [-0.05, 0) is 18.2 Å². The van der Waals surface area contributed by atoms with Crippen LogP contribution in [0.2, 0.25) is 0 Å². The quantitative estimate of drug-likeness (QED) is 0.815. The minimum absolute atomic E-state index is 0.0900. The summed E-state index contributed by atoms with van der Waals surface area (Å²) in [6.07, 6.45) is -3.37. The fourth-order valence-corrected chi connectivity index (χ4v) is 1.28. The number of aromatic carboxylic acids is 1. The Bertz CT molecular complexity index is 559. The van der Waals surface area contributed by atoms with Gasteiger partial charge in [-0.25, -0.2) is 9.31 Å². The molecule has 0 atom stereocenters. The maximum Gasteiger partial charge on any atom is 0.416 e. The maximum absolute atomic E-state index is 12.3. The van der Waals surface area contributed by atoms with Crippen molar-refractivity contribution >= 4 is 11.5 Å². The van der Waals surface area contributed by atoms with Crippen LogP contribution in [0.25, 0.3) is 5.52 Å². The predicted molar refractivity (Wildman–Crippen MR) is 47.2 cm³/mol. The minimum atomic E-state index is -4.45. The van der Waals surface area contributed by atoms with E-state index in [-0.39, 0.29) is 11.2 Å². The van der Waals surface area contributed by atoms with Crippen LogP contribution in [0.15, 0.2) is 24.4 Å². The molecule has 1 N–H and O–H groups in total. The monoisotopic (exact) mass is 230 g/mol. The van der Waals surface area contributed by atoms with Crippen LogP contribution in [0.5, 0.6) is 0 Å². The number of hydrogen-bond acceptors (Lipinski definition) is 2. The van der Waals surface area contributed by atoms with Crippen molar-refractivity contribution in [3.8, 4) is 0 Å². The van der Waals surface area contributed by atoms with Crippen LogP contribution in [0, 0.1) is 0 Å². The van der Waals surface area contributed by atoms with E-state index in [0.717, 1.165) is 28.9 Å². The van der Waals surface area contributed by atoms with Gasteiger partial charge in [0.05, 0.1) is 11.1 Å². The van der Waals surface area contributed by atoms with Gasteiger partial charge in [-0.3, -0.25) is 0 Å². The van der Waals surface area contributed by atoms with E-state index in [2.05, 4.69) is 5.10 Å². The molecule has 0 saturated carbocycles. The second-order valence-corrected chi connectivity index (χ2v) is 3.12. The number of fused-ring (bicyclic) bond motifs is 1. The molecule has 0 radical (unpaired) electrons. The van der Waals surface area contributed by atoms with Gasteiger partial charge in [0.15, 0.2) is 5.69 Å². The SMILES string of the molecule is O=C(O)c1cc2cc(C(F)(F)F)ccn2n1. The normalized spacial score (nSPS) is 11.9. The second-order valence-electron chi connectivity index (χ2n) is 3.12. The highest BCUT2D eigenvalue weighted by atomic mass is 19.4. The van der Waals surface area contributed by atoms with Gasteiger partial charge in [-0.15, -0.1) is 0 Å². The van der Waals surface area contributed by atoms with Gasteiger partial charge in [0.2, 0.25) is 0 Å². The van der Waals surface area contributed by atoms with Gasteiger partial charge in [-0.2, -0.15) is 18.3 Å². The Hall–Kier alpha value is -2.05. The zero-order valence-corrected chi connectivity index (χ0v) is 7.69. The van der Waals surface area contributed by atoms with Crippen LogP contribution in [0.3, 0.4) is 0 Å². The summed E-state index contributed by atoms with van der Waals surface area (Å²) in [7, 11) is 0. The summed E-state index contributed by atoms with van der Waals surface area (Å²) >= 11 is 0. The molecule has 0 saturated heterocycles. The van der Waals surface area contributed by atoms with Crippen molar-refractivity contribution in [1.29, 1.82) is 0 Å². The number of pyridine rings is 1. The van der Waals surface area contributed by atoms with Gasteiger partial charge in [0.25, 0.3) is 0 Å². The standard InChI is InChI=1S/C9H5F3N2O2/c10-9(11,12)5-1-2-14-6(3-5)4-7(13-14)8(15)16/h1-4H,(H,15,16). The molecule has 2 heterocycles. The van der Waals surface area contributed by atoms with Crippen molar-refractivity contribution < 1.29 is 23.1 Å². The van der Waals surface area contributed by atoms with Crippen LogP contribution in [-0.2, 0) is 6.18 Å². The van der Waals surface area contributed by atoms with Crippen molar-refractivity contribution in [2.45, 2.75) is 6.18 Å². The number of hydrogen-bond donors (Lipinski definition) is 1. The first-order valence-electron chi connectivity index (χ1n) is 4.18. The zero-order chi connectivity index (χ0) is 11.9. The molecule has 2 aromatic heterocycles. The summed E-state index contributed by atoms with van der Waals surface area (Å²) in [6.45, 7) is 0. The minimum Gasteiger partial charge on any atom is -0.476 e. The highest BCUT2D eigenvalue weighted by molar-refractivity contribution is 5.87. The van der Waals surface area contributed by atoms with Crippen molar-refractivity contribution in [2.75, 3.05) is 0 Å². The topological polar surface area (TPSA) is 54.6 Å². The smallest absolute Gasteiger partial charge is 0.416 e. The molecule has 0 unspecified atom stereocenters. The average Bonchev–Trinajstić information content (AvgIpc) is 2.58. The Morgan fingerprint density at radius 2 is 2.06 bits per heavy atom. The highest BCUT2D eigenvalue weighted by Gasteiger charge is 2.30. The Labute approximate surface area is 86.9 Å². The van der Waals surface area contributed by atoms with E-state index in [0.29, 0.717) is 0 Å². The first kappa shape index (κ1) is 10.5. The molecule has 0 aromatic carbocycles. The van der Waals surface area contributed by atoms with Gasteiger partial charge in [0, 0.05) is 6.20 Å². The first-order valence-corrected chi connectivity index (χ1v) is 4.18. The number of aromatic nitrogens is 2. The molecule has 0 amide bonds. The molecule has 0 spiro atoms. The van der Waals surface area contributed by atoms with Gasteiger partial charge in [0.1, 0.15) is 0 Å². The molecule has 16 heavy (non-hydrogen) atoms. The summed E-state index contributed by atoms with van der Waals surface area (Å²) < 4.78 is 38.1. The summed E-state index contributed by atoms with van der Waals surface area (Å²) in [5, 5.41) is 12.2. The van der Waals surface area contributed by atoms with Gasteiger partial charge >= 0.3 is 12.1 Å². The molecule has 0 aliphatic carbocycles. The van der Waals surface area contributed by atoms with Crippen LogP contribution >= 0.6 is 0 Å². The van der Waals surface area contributed by atoms with E-state index in [1.165, 1.54) is 0 Å². The molecule has 2 rings (SSSR count). The lowest BCUT2D eigenvalue weighted by Crippen LogP contribution is -2.05. The fourth-order valence-electron chi connectivity index (χ4n) is 1.28. The molecule has 7 heteroatoms. The Balaban J connectivity index is 2.58. The Morgan fingerprint density at radius 3 is 2.62 bits per heavy atom. The molecule has 84 valence electrons. The zero-order valence-electron chi connectivity index (χ0n) is 7.69. The lowest BCUT2D eigenvalue weighted by atomic mass is 10.2. The van der Waals surface area contributed by atoms with Crippen molar-refractivity contribution in [2.24, 2.45) is 0 Å². The summed E-state index contributed by atoms with van der Waals surface area (Å²) in [5.41, 5.74) is -1.04. The molecule has 0 bridgehead atoms. The summed E-state index contributed by atoms with van der Waals surface area (Å²) in [6, 6.07) is 2.77. The highest BCUT2D eigenvalue weighted by Crippen LogP contribution is 2.29. The lowest BCUT2D eigenvalue weighted by Gasteiger charge is -2.05. The van der Waals surface area contributed by atoms with E-state index in [4.69, 9.17) is 5.11 Å². The maximum atomic E-state index is 12.3. The van der Waals surface area contributed by atoms with Crippen molar-refractivity contribution in [1.82, 2.24) is 9.61 Å². The summed E-state index contributed by atoms with van der Waals surface area (Å²) in [5.74, 6) is -1.28. The molecule has 0 aliphatic rings. The van der Waals surface area contributed by atoms with Crippen molar-refractivity contribution in [3.05, 3.63) is 35.7 Å². The first-order chi connectivity index (χ1) is 7.38. The number of halogens is 3.